The van der Waals surface area contributed by atoms with Gasteiger partial charge in [-0.15, -0.1) is 59.7 Å². The van der Waals surface area contributed by atoms with E-state index in [-0.39, 0.29) is 20.1 Å². The maximum Gasteiger partial charge on any atom is 0.0799 e. The normalized spacial score (nSPS) is 13.5. The molecule has 8 rings (SSSR count). The molecule has 7 aromatic rings. The molecule has 267 valence electrons. The van der Waals surface area contributed by atoms with Crippen LogP contribution in [0.4, 0.5) is 0 Å². The summed E-state index contributed by atoms with van der Waals surface area (Å²) in [6.07, 6.45) is 12.2. The number of benzene rings is 4. The first-order valence-corrected chi connectivity index (χ1v) is 22.9. The van der Waals surface area contributed by atoms with Gasteiger partial charge in [-0.25, -0.2) is 0 Å². The van der Waals surface area contributed by atoms with Gasteiger partial charge in [-0.3, -0.25) is 0 Å². The molecule has 3 aromatic heterocycles. The Kier molecular flexibility index (Phi) is 12.4. The summed E-state index contributed by atoms with van der Waals surface area (Å²) >= 11 is 1.87. The van der Waals surface area contributed by atoms with E-state index in [1.54, 1.807) is 0 Å². The number of hydrogen-bond donors (Lipinski definition) is 0. The quantitative estimate of drug-likeness (QED) is 0.118. The molecule has 0 atom stereocenters. The summed E-state index contributed by atoms with van der Waals surface area (Å²) in [6, 6.07) is 43.2. The van der Waals surface area contributed by atoms with E-state index >= 15 is 0 Å². The number of fused-ring (bicyclic) bond motifs is 3. The van der Waals surface area contributed by atoms with Crippen LogP contribution in [0.15, 0.2) is 116 Å². The molecular formula is C47H48IrN2SSi-2. The fourth-order valence-electron chi connectivity index (χ4n) is 7.54. The van der Waals surface area contributed by atoms with Crippen molar-refractivity contribution >= 4 is 44.8 Å². The van der Waals surface area contributed by atoms with Crippen LogP contribution in [0.5, 0.6) is 0 Å². The Morgan fingerprint density at radius 1 is 0.750 bits per heavy atom. The monoisotopic (exact) mass is 893 g/mol. The van der Waals surface area contributed by atoms with E-state index in [4.69, 9.17) is 4.98 Å². The molecule has 0 spiro atoms. The SMILES string of the molecule is CC(C)c1cc(-c2[c-]cccc2)ncc1[Si](C)(C)C.[Ir].[c-]1ccc2c(sc3c(-c4ccccc4)cccc32)c1-c1cc(CC2CCCCC2)ccn1. The van der Waals surface area contributed by atoms with Crippen LogP contribution in [0.1, 0.15) is 63.0 Å². The van der Waals surface area contributed by atoms with Gasteiger partial charge in [0.15, 0.2) is 0 Å². The molecular weight excluding hydrogens is 845 g/mol. The summed E-state index contributed by atoms with van der Waals surface area (Å²) < 4.78 is 2.63. The molecule has 0 bridgehead atoms. The first-order chi connectivity index (χ1) is 24.8. The molecule has 1 aliphatic rings. The molecule has 4 aromatic carbocycles. The summed E-state index contributed by atoms with van der Waals surface area (Å²) in [6.45, 7) is 11.7. The molecule has 1 saturated carbocycles. The van der Waals surface area contributed by atoms with Gasteiger partial charge in [0.2, 0.25) is 0 Å². The number of nitrogens with zero attached hydrogens (tertiary/aromatic N) is 2. The zero-order valence-corrected chi connectivity index (χ0v) is 35.2. The van der Waals surface area contributed by atoms with Crippen molar-refractivity contribution < 1.29 is 20.1 Å². The molecule has 1 fully saturated rings. The smallest absolute Gasteiger partial charge is 0.0799 e. The van der Waals surface area contributed by atoms with Gasteiger partial charge < -0.3 is 9.97 Å². The largest absolute Gasteiger partial charge is 0.305 e. The van der Waals surface area contributed by atoms with Gasteiger partial charge in [0, 0.05) is 37.2 Å². The second-order valence-corrected chi connectivity index (χ2v) is 21.4. The summed E-state index contributed by atoms with van der Waals surface area (Å²) in [5.74, 6) is 1.36. The molecule has 0 N–H and O–H groups in total. The van der Waals surface area contributed by atoms with Crippen LogP contribution in [-0.4, -0.2) is 18.0 Å². The van der Waals surface area contributed by atoms with E-state index in [9.17, 15) is 0 Å². The van der Waals surface area contributed by atoms with Gasteiger partial charge in [0.1, 0.15) is 0 Å². The number of hydrogen-bond acceptors (Lipinski definition) is 3. The molecule has 0 amide bonds. The Labute approximate surface area is 329 Å². The van der Waals surface area contributed by atoms with Crippen molar-refractivity contribution in [2.24, 2.45) is 5.92 Å². The van der Waals surface area contributed by atoms with Crippen LogP contribution < -0.4 is 5.19 Å². The van der Waals surface area contributed by atoms with Gasteiger partial charge >= 0.3 is 0 Å². The fourth-order valence-corrected chi connectivity index (χ4v) is 10.6. The zero-order valence-electron chi connectivity index (χ0n) is 31.0. The molecule has 0 saturated heterocycles. The van der Waals surface area contributed by atoms with Crippen molar-refractivity contribution in [3.05, 3.63) is 139 Å². The van der Waals surface area contributed by atoms with E-state index in [1.807, 2.05) is 35.7 Å². The van der Waals surface area contributed by atoms with E-state index in [0.29, 0.717) is 5.92 Å². The summed E-state index contributed by atoms with van der Waals surface area (Å²) in [7, 11) is -1.34. The molecule has 2 nitrogen and oxygen atoms in total. The van der Waals surface area contributed by atoms with Gasteiger partial charge in [-0.1, -0.05) is 143 Å². The third-order valence-electron chi connectivity index (χ3n) is 10.2. The van der Waals surface area contributed by atoms with Gasteiger partial charge in [-0.05, 0) is 62.1 Å². The Bertz CT molecular complexity index is 2230. The zero-order chi connectivity index (χ0) is 35.4. The topological polar surface area (TPSA) is 25.8 Å². The Hall–Kier alpha value is -3.73. The average molecular weight is 893 g/mol. The van der Waals surface area contributed by atoms with Gasteiger partial charge in [0.25, 0.3) is 0 Å². The first kappa shape index (κ1) is 38.0. The van der Waals surface area contributed by atoms with Crippen molar-refractivity contribution in [2.75, 3.05) is 0 Å². The summed E-state index contributed by atoms with van der Waals surface area (Å²) in [5.41, 5.74) is 9.72. The second-order valence-electron chi connectivity index (χ2n) is 15.3. The standard InChI is InChI=1S/C30H26NS.C17H22NSi.Ir/c1-3-9-21(10-4-1)19-22-17-18-31-28(20-22)27-16-8-15-26-25-14-7-13-24(29(25)32-30(26)27)23-11-5-2-6-12-23;1-13(2)15-11-16(14-9-7-6-8-10-14)18-12-17(15)19(3,4)5;/h2,5-8,11-15,17-18,20-21H,1,3-4,9-10,19H2;6-9,11-13H,1-5H3;/q2*-1;. The summed E-state index contributed by atoms with van der Waals surface area (Å²) in [4.78, 5) is 9.44. The maximum absolute atomic E-state index is 4.78. The predicted molar refractivity (Wildman–Crippen MR) is 223 cm³/mol. The maximum atomic E-state index is 4.78. The number of pyridine rings is 2. The second kappa shape index (κ2) is 16.9. The average Bonchev–Trinajstić information content (AvgIpc) is 3.55. The van der Waals surface area contributed by atoms with Crippen molar-refractivity contribution in [1.29, 1.82) is 0 Å². The fraction of sp³-hybridized carbons (Fsp3) is 0.277. The Morgan fingerprint density at radius 2 is 1.52 bits per heavy atom. The van der Waals surface area contributed by atoms with Gasteiger partial charge in [-0.2, -0.15) is 11.3 Å². The molecule has 0 aliphatic heterocycles. The number of aromatic nitrogens is 2. The van der Waals surface area contributed by atoms with Crippen molar-refractivity contribution in [2.45, 2.75) is 77.9 Å². The van der Waals surface area contributed by atoms with Crippen LogP contribution in [0.25, 0.3) is 53.8 Å². The molecule has 0 unspecified atom stereocenters. The van der Waals surface area contributed by atoms with Crippen LogP contribution in [0.3, 0.4) is 0 Å². The van der Waals surface area contributed by atoms with E-state index in [0.717, 1.165) is 28.4 Å². The molecule has 5 heteroatoms. The molecule has 52 heavy (non-hydrogen) atoms. The van der Waals surface area contributed by atoms with Crippen LogP contribution >= 0.6 is 11.3 Å². The predicted octanol–water partition coefficient (Wildman–Crippen LogP) is 12.9. The van der Waals surface area contributed by atoms with Crippen LogP contribution in [-0.2, 0) is 26.5 Å². The third kappa shape index (κ3) is 8.56. The van der Waals surface area contributed by atoms with E-state index < -0.39 is 8.07 Å². The van der Waals surface area contributed by atoms with Crippen LogP contribution in [0.2, 0.25) is 19.6 Å². The van der Waals surface area contributed by atoms with Crippen molar-refractivity contribution in [3.8, 4) is 33.6 Å². The van der Waals surface area contributed by atoms with Crippen LogP contribution in [0, 0.1) is 18.1 Å². The molecule has 3 heterocycles. The van der Waals surface area contributed by atoms with Crippen molar-refractivity contribution in [3.63, 3.8) is 0 Å². The molecule has 1 radical (unpaired) electrons. The molecule has 1 aliphatic carbocycles. The van der Waals surface area contributed by atoms with Crippen molar-refractivity contribution in [1.82, 2.24) is 9.97 Å². The minimum absolute atomic E-state index is 0. The minimum atomic E-state index is -1.34. The Balaban J connectivity index is 0.000000200. The van der Waals surface area contributed by atoms with E-state index in [1.165, 1.54) is 86.1 Å². The third-order valence-corrected chi connectivity index (χ3v) is 13.5. The summed E-state index contributed by atoms with van der Waals surface area (Å²) in [5, 5.41) is 4.10. The van der Waals surface area contributed by atoms with E-state index in [2.05, 4.69) is 142 Å². The number of thiophene rings is 1. The minimum Gasteiger partial charge on any atom is -0.305 e. The Morgan fingerprint density at radius 3 is 2.25 bits per heavy atom. The number of rotatable bonds is 7. The first-order valence-electron chi connectivity index (χ1n) is 18.6. The van der Waals surface area contributed by atoms with Gasteiger partial charge in [0.05, 0.1) is 8.07 Å².